The molecular weight excluding hydrogens is 306 g/mol. The summed E-state index contributed by atoms with van der Waals surface area (Å²) in [6, 6.07) is 18.3. The lowest BCUT2D eigenvalue weighted by Gasteiger charge is -2.12. The zero-order chi connectivity index (χ0) is 15.6. The maximum atomic E-state index is 5.99. The Hall–Kier alpha value is -2.52. The highest BCUT2D eigenvalue weighted by atomic mass is 35.5. The Labute approximate surface area is 139 Å². The Balaban J connectivity index is 1.87. The van der Waals surface area contributed by atoms with Gasteiger partial charge in [-0.2, -0.15) is 0 Å². The number of aromatic nitrogens is 1. The number of para-hydroxylation sites is 1. The molecule has 0 radical (unpaired) electrons. The van der Waals surface area contributed by atoms with Crippen LogP contribution in [0.3, 0.4) is 0 Å². The van der Waals surface area contributed by atoms with E-state index in [1.807, 2.05) is 24.3 Å². The van der Waals surface area contributed by atoms with Gasteiger partial charge in [-0.05, 0) is 41.3 Å². The molecule has 0 unspecified atom stereocenters. The van der Waals surface area contributed by atoms with E-state index in [2.05, 4.69) is 57.5 Å². The van der Waals surface area contributed by atoms with Crippen molar-refractivity contribution in [3.63, 3.8) is 0 Å². The van der Waals surface area contributed by atoms with Crippen molar-refractivity contribution in [2.24, 2.45) is 4.99 Å². The zero-order valence-corrected chi connectivity index (χ0v) is 13.3. The summed E-state index contributed by atoms with van der Waals surface area (Å²) in [4.78, 5) is 4.60. The highest BCUT2D eigenvalue weighted by Gasteiger charge is 2.15. The number of nitrogens with one attached hydrogen (secondary N) is 1. The van der Waals surface area contributed by atoms with E-state index >= 15 is 0 Å². The first-order chi connectivity index (χ1) is 11.3. The van der Waals surface area contributed by atoms with Gasteiger partial charge in [0.05, 0.1) is 17.8 Å². The Kier molecular flexibility index (Phi) is 3.64. The van der Waals surface area contributed by atoms with Gasteiger partial charge in [0.25, 0.3) is 0 Å². The molecular formula is C19H16ClN3. The van der Waals surface area contributed by atoms with Gasteiger partial charge in [0.15, 0.2) is 0 Å². The molecule has 1 aliphatic heterocycles. The second-order valence-electron chi connectivity index (χ2n) is 5.48. The minimum Gasteiger partial charge on any atom is -0.367 e. The van der Waals surface area contributed by atoms with Crippen LogP contribution in [0.1, 0.15) is 5.56 Å². The van der Waals surface area contributed by atoms with Crippen LogP contribution in [0.5, 0.6) is 0 Å². The lowest BCUT2D eigenvalue weighted by Crippen LogP contribution is -2.22. The van der Waals surface area contributed by atoms with Crippen molar-refractivity contribution >= 4 is 40.1 Å². The van der Waals surface area contributed by atoms with E-state index in [1.165, 1.54) is 10.9 Å². The molecule has 2 aromatic carbocycles. The van der Waals surface area contributed by atoms with Crippen LogP contribution in [-0.4, -0.2) is 23.5 Å². The second-order valence-corrected chi connectivity index (χ2v) is 5.92. The predicted molar refractivity (Wildman–Crippen MR) is 97.9 cm³/mol. The molecule has 1 N–H and O–H groups in total. The lowest BCUT2D eigenvalue weighted by molar-refractivity contribution is 0.959. The van der Waals surface area contributed by atoms with Gasteiger partial charge in [-0.1, -0.05) is 41.9 Å². The van der Waals surface area contributed by atoms with Crippen molar-refractivity contribution in [3.8, 4) is 0 Å². The summed E-state index contributed by atoms with van der Waals surface area (Å²) >= 11 is 5.99. The van der Waals surface area contributed by atoms with Gasteiger partial charge in [-0.25, -0.2) is 0 Å². The molecule has 0 aliphatic carbocycles. The molecule has 0 saturated carbocycles. The average Bonchev–Trinajstić information content (AvgIpc) is 3.24. The van der Waals surface area contributed by atoms with Crippen molar-refractivity contribution in [3.05, 3.63) is 71.4 Å². The van der Waals surface area contributed by atoms with Gasteiger partial charge >= 0.3 is 0 Å². The van der Waals surface area contributed by atoms with Gasteiger partial charge in [0.1, 0.15) is 5.84 Å². The van der Waals surface area contributed by atoms with Crippen LogP contribution in [-0.2, 0) is 0 Å². The van der Waals surface area contributed by atoms with Gasteiger partial charge in [0, 0.05) is 17.8 Å². The van der Waals surface area contributed by atoms with Crippen LogP contribution < -0.4 is 5.32 Å². The Morgan fingerprint density at radius 2 is 1.91 bits per heavy atom. The van der Waals surface area contributed by atoms with Crippen LogP contribution in [0.15, 0.2) is 65.8 Å². The normalized spacial score (nSPS) is 14.8. The summed E-state index contributed by atoms with van der Waals surface area (Å²) < 4.78 is 2.18. The number of hydrogen-bond donors (Lipinski definition) is 1. The third-order valence-electron chi connectivity index (χ3n) is 3.95. The van der Waals surface area contributed by atoms with E-state index in [9.17, 15) is 0 Å². The molecule has 1 aromatic heterocycles. The number of amidine groups is 1. The summed E-state index contributed by atoms with van der Waals surface area (Å²) in [5.41, 5.74) is 3.31. The third kappa shape index (κ3) is 2.76. The number of fused-ring (bicyclic) bond motifs is 1. The fourth-order valence-corrected chi connectivity index (χ4v) is 2.96. The van der Waals surface area contributed by atoms with Gasteiger partial charge in [-0.15, -0.1) is 0 Å². The highest BCUT2D eigenvalue weighted by molar-refractivity contribution is 6.30. The number of benzene rings is 2. The maximum absolute atomic E-state index is 5.99. The van der Waals surface area contributed by atoms with Crippen molar-refractivity contribution in [1.29, 1.82) is 0 Å². The van der Waals surface area contributed by atoms with Crippen LogP contribution in [0.2, 0.25) is 5.02 Å². The molecule has 3 nitrogen and oxygen atoms in total. The summed E-state index contributed by atoms with van der Waals surface area (Å²) in [6.07, 6.45) is 4.23. The van der Waals surface area contributed by atoms with Crippen LogP contribution in [0.25, 0.3) is 22.7 Å². The van der Waals surface area contributed by atoms with E-state index in [4.69, 9.17) is 11.6 Å². The van der Waals surface area contributed by atoms with Crippen molar-refractivity contribution in [1.82, 2.24) is 9.88 Å². The fourth-order valence-electron chi connectivity index (χ4n) is 2.83. The number of nitrogens with zero attached hydrogens (tertiary/aromatic N) is 2. The summed E-state index contributed by atoms with van der Waals surface area (Å²) in [6.45, 7) is 1.69. The molecule has 0 saturated heterocycles. The summed E-state index contributed by atoms with van der Waals surface area (Å²) in [5.74, 6) is 0.932. The fraction of sp³-hybridized carbons (Fsp3) is 0.105. The van der Waals surface area contributed by atoms with Gasteiger partial charge in [-0.3, -0.25) is 4.99 Å². The van der Waals surface area contributed by atoms with Gasteiger partial charge < -0.3 is 9.88 Å². The Bertz CT molecular complexity index is 904. The summed E-state index contributed by atoms with van der Waals surface area (Å²) in [7, 11) is 0. The Morgan fingerprint density at radius 1 is 1.09 bits per heavy atom. The molecule has 1 aliphatic rings. The molecule has 0 atom stereocenters. The van der Waals surface area contributed by atoms with E-state index < -0.39 is 0 Å². The standard InChI is InChI=1S/C19H16ClN3/c20-16-7-5-14(6-8-16)13-18(19-21-10-11-22-19)23-12-9-15-3-1-2-4-17(15)23/h1-9,12-13H,10-11H2,(H,21,22)/b18-13-. The molecule has 4 rings (SSSR count). The molecule has 0 bridgehead atoms. The topological polar surface area (TPSA) is 29.3 Å². The van der Waals surface area contributed by atoms with Crippen molar-refractivity contribution in [2.75, 3.05) is 13.1 Å². The van der Waals surface area contributed by atoms with Crippen molar-refractivity contribution in [2.45, 2.75) is 0 Å². The molecule has 114 valence electrons. The number of hydrogen-bond acceptors (Lipinski definition) is 2. The second kappa shape index (κ2) is 5.94. The van der Waals surface area contributed by atoms with E-state index in [0.717, 1.165) is 35.2 Å². The Morgan fingerprint density at radius 3 is 2.70 bits per heavy atom. The van der Waals surface area contributed by atoms with E-state index in [1.54, 1.807) is 0 Å². The van der Waals surface area contributed by atoms with E-state index in [-0.39, 0.29) is 0 Å². The molecule has 4 heteroatoms. The highest BCUT2D eigenvalue weighted by Crippen LogP contribution is 2.23. The predicted octanol–water partition coefficient (Wildman–Crippen LogP) is 4.29. The lowest BCUT2D eigenvalue weighted by atomic mass is 10.1. The monoisotopic (exact) mass is 321 g/mol. The minimum absolute atomic E-state index is 0.742. The average molecular weight is 322 g/mol. The van der Waals surface area contributed by atoms with Crippen LogP contribution in [0, 0.1) is 0 Å². The first-order valence-electron chi connectivity index (χ1n) is 7.64. The SMILES string of the molecule is Clc1ccc(/C=C(/C2=NCCN2)n2ccc3ccccc32)cc1. The third-order valence-corrected chi connectivity index (χ3v) is 4.20. The number of aliphatic imine (C=N–C) groups is 1. The molecule has 3 aromatic rings. The van der Waals surface area contributed by atoms with Crippen LogP contribution >= 0.6 is 11.6 Å². The zero-order valence-electron chi connectivity index (χ0n) is 12.5. The largest absolute Gasteiger partial charge is 0.367 e. The molecule has 0 fully saturated rings. The minimum atomic E-state index is 0.742. The molecule has 0 spiro atoms. The molecule has 2 heterocycles. The number of rotatable bonds is 3. The maximum Gasteiger partial charge on any atom is 0.145 e. The van der Waals surface area contributed by atoms with Crippen molar-refractivity contribution < 1.29 is 0 Å². The van der Waals surface area contributed by atoms with Crippen LogP contribution in [0.4, 0.5) is 0 Å². The quantitative estimate of drug-likeness (QED) is 0.766. The summed E-state index contributed by atoms with van der Waals surface area (Å²) in [5, 5.41) is 5.33. The number of halogens is 1. The van der Waals surface area contributed by atoms with Gasteiger partial charge in [0.2, 0.25) is 0 Å². The first kappa shape index (κ1) is 14.1. The smallest absolute Gasteiger partial charge is 0.145 e. The first-order valence-corrected chi connectivity index (χ1v) is 8.01. The molecule has 0 amide bonds. The van der Waals surface area contributed by atoms with E-state index in [0.29, 0.717) is 0 Å². The molecule has 23 heavy (non-hydrogen) atoms.